The molecule has 2 nitrogen and oxygen atoms in total. The minimum atomic E-state index is -0.134. The molecule has 0 radical (unpaired) electrons. The summed E-state index contributed by atoms with van der Waals surface area (Å²) in [5.41, 5.74) is 4.64. The molecule has 0 N–H and O–H groups in total. The minimum Gasteiger partial charge on any atom is -0.497 e. The number of benzene rings is 3. The third-order valence-electron chi connectivity index (χ3n) is 5.53. The fraction of sp³-hybridized carbons (Fsp3) is 0.214. The highest BCUT2D eigenvalue weighted by Gasteiger charge is 2.33. The van der Waals surface area contributed by atoms with Crippen molar-refractivity contribution >= 4 is 40.7 Å². The van der Waals surface area contributed by atoms with Crippen molar-refractivity contribution in [1.29, 1.82) is 0 Å². The van der Waals surface area contributed by atoms with E-state index in [2.05, 4.69) is 54.6 Å². The maximum Gasteiger partial charge on any atom is 0.118 e. The van der Waals surface area contributed by atoms with Crippen LogP contribution in [0.15, 0.2) is 91.0 Å². The number of methoxy groups -OCH3 is 2. The number of rotatable bonds is 7. The van der Waals surface area contributed by atoms with Gasteiger partial charge in [-0.3, -0.25) is 0 Å². The average molecular weight is 495 g/mol. The summed E-state index contributed by atoms with van der Waals surface area (Å²) in [6, 6.07) is 24.6. The third-order valence-corrected chi connectivity index (χ3v) is 9.06. The summed E-state index contributed by atoms with van der Waals surface area (Å²) in [5.74, 6) is 3.96. The van der Waals surface area contributed by atoms with Gasteiger partial charge in [-0.25, -0.2) is 0 Å². The first-order valence-corrected chi connectivity index (χ1v) is 13.2. The average Bonchev–Trinajstić information content (AvgIpc) is 2.87. The van der Waals surface area contributed by atoms with Crippen molar-refractivity contribution in [3.63, 3.8) is 0 Å². The lowest BCUT2D eigenvalue weighted by molar-refractivity contribution is 0.414. The molecule has 0 aromatic heterocycles. The normalized spacial score (nSPS) is 15.2. The van der Waals surface area contributed by atoms with Crippen LogP contribution in [0, 0.1) is 0 Å². The van der Waals surface area contributed by atoms with Gasteiger partial charge in [0.15, 0.2) is 0 Å². The van der Waals surface area contributed by atoms with E-state index >= 15 is 0 Å². The molecular weight excluding hydrogens is 468 g/mol. The Labute approximate surface area is 210 Å². The maximum absolute atomic E-state index is 6.35. The summed E-state index contributed by atoms with van der Waals surface area (Å²) in [6.45, 7) is 0. The molecular formula is C28H27ClO2S2. The molecule has 0 amide bonds. The Morgan fingerprint density at radius 1 is 0.848 bits per heavy atom. The third kappa shape index (κ3) is 5.81. The highest BCUT2D eigenvalue weighted by Crippen LogP contribution is 2.51. The van der Waals surface area contributed by atoms with Crippen molar-refractivity contribution in [2.45, 2.75) is 10.5 Å². The first kappa shape index (κ1) is 23.9. The van der Waals surface area contributed by atoms with Crippen molar-refractivity contribution in [3.8, 4) is 11.5 Å². The van der Waals surface area contributed by atoms with Crippen LogP contribution in [-0.2, 0) is 4.08 Å². The van der Waals surface area contributed by atoms with Gasteiger partial charge in [-0.15, -0.1) is 23.5 Å². The fourth-order valence-corrected chi connectivity index (χ4v) is 7.11. The molecule has 1 saturated heterocycles. The number of allylic oxidation sites excluding steroid dienone is 2. The van der Waals surface area contributed by atoms with Gasteiger partial charge in [0.05, 0.1) is 14.2 Å². The molecule has 0 spiro atoms. The molecule has 1 fully saturated rings. The van der Waals surface area contributed by atoms with Crippen molar-refractivity contribution in [2.75, 3.05) is 25.7 Å². The van der Waals surface area contributed by atoms with E-state index in [-0.39, 0.29) is 4.08 Å². The molecule has 1 aliphatic rings. The summed E-state index contributed by atoms with van der Waals surface area (Å²) in [7, 11) is 3.37. The molecule has 0 unspecified atom stereocenters. The van der Waals surface area contributed by atoms with Crippen molar-refractivity contribution in [3.05, 3.63) is 113 Å². The Morgan fingerprint density at radius 2 is 1.42 bits per heavy atom. The number of halogens is 1. The van der Waals surface area contributed by atoms with E-state index in [4.69, 9.17) is 21.1 Å². The molecule has 33 heavy (non-hydrogen) atoms. The van der Waals surface area contributed by atoms with Gasteiger partial charge < -0.3 is 9.47 Å². The largest absolute Gasteiger partial charge is 0.497 e. The quantitative estimate of drug-likeness (QED) is 0.309. The van der Waals surface area contributed by atoms with Crippen LogP contribution in [0.4, 0.5) is 0 Å². The van der Waals surface area contributed by atoms with E-state index in [0.29, 0.717) is 0 Å². The van der Waals surface area contributed by atoms with Crippen LogP contribution in [0.1, 0.15) is 23.1 Å². The van der Waals surface area contributed by atoms with Crippen LogP contribution in [-0.4, -0.2) is 25.7 Å². The summed E-state index contributed by atoms with van der Waals surface area (Å²) >= 11 is 10.3. The van der Waals surface area contributed by atoms with E-state index in [0.717, 1.165) is 44.7 Å². The standard InChI is InChI=1S/C28H27ClO2S2/c1-30-25-13-9-21(10-14-25)27(22-11-15-26(31-2)16-12-22)8-4-17-28(32-18-5-19-33-28)23-6-3-7-24(29)20-23/h3-4,6-17,20H,5,18-19H2,1-2H3/b17-4+. The number of hydrogen-bond acceptors (Lipinski definition) is 4. The van der Waals surface area contributed by atoms with E-state index in [1.165, 1.54) is 12.0 Å². The lowest BCUT2D eigenvalue weighted by Crippen LogP contribution is -2.20. The van der Waals surface area contributed by atoms with E-state index in [9.17, 15) is 0 Å². The Kier molecular flexibility index (Phi) is 8.13. The summed E-state index contributed by atoms with van der Waals surface area (Å²) in [6.07, 6.45) is 7.94. The summed E-state index contributed by atoms with van der Waals surface area (Å²) in [4.78, 5) is 0. The zero-order valence-corrected chi connectivity index (χ0v) is 21.2. The molecule has 1 heterocycles. The van der Waals surface area contributed by atoms with Crippen molar-refractivity contribution in [1.82, 2.24) is 0 Å². The summed E-state index contributed by atoms with van der Waals surface area (Å²) < 4.78 is 10.6. The molecule has 4 rings (SSSR count). The van der Waals surface area contributed by atoms with Crippen LogP contribution in [0.2, 0.25) is 5.02 Å². The molecule has 0 saturated carbocycles. The van der Waals surface area contributed by atoms with Gasteiger partial charge in [-0.1, -0.05) is 66.2 Å². The van der Waals surface area contributed by atoms with Crippen LogP contribution in [0.25, 0.3) is 5.57 Å². The Hall–Kier alpha value is -2.27. The second-order valence-corrected chi connectivity index (χ2v) is 11.0. The van der Waals surface area contributed by atoms with E-state index < -0.39 is 0 Å². The predicted octanol–water partition coefficient (Wildman–Crippen LogP) is 8.07. The molecule has 0 bridgehead atoms. The maximum atomic E-state index is 6.35. The highest BCUT2D eigenvalue weighted by molar-refractivity contribution is 8.18. The second kappa shape index (κ2) is 11.2. The van der Waals surface area contributed by atoms with E-state index in [1.807, 2.05) is 59.9 Å². The van der Waals surface area contributed by atoms with Gasteiger partial charge in [0.2, 0.25) is 0 Å². The smallest absolute Gasteiger partial charge is 0.118 e. The zero-order valence-electron chi connectivity index (χ0n) is 18.8. The molecule has 0 atom stereocenters. The number of hydrogen-bond donors (Lipinski definition) is 0. The minimum absolute atomic E-state index is 0.134. The van der Waals surface area contributed by atoms with Crippen LogP contribution < -0.4 is 9.47 Å². The second-order valence-electron chi connectivity index (χ2n) is 7.62. The molecule has 170 valence electrons. The van der Waals surface area contributed by atoms with Crippen molar-refractivity contribution < 1.29 is 9.47 Å². The Bertz CT molecular complexity index is 1070. The van der Waals surface area contributed by atoms with Crippen LogP contribution in [0.3, 0.4) is 0 Å². The molecule has 5 heteroatoms. The van der Waals surface area contributed by atoms with Gasteiger partial charge in [-0.2, -0.15) is 0 Å². The number of thioether (sulfide) groups is 2. The summed E-state index contributed by atoms with van der Waals surface area (Å²) in [5, 5.41) is 0.778. The van der Waals surface area contributed by atoms with Gasteiger partial charge in [-0.05, 0) is 76.6 Å². The van der Waals surface area contributed by atoms with Gasteiger partial charge in [0.25, 0.3) is 0 Å². The SMILES string of the molecule is COc1ccc(C(=C/C=C/C2(c3cccc(Cl)c3)SCCCS2)c2ccc(OC)cc2)cc1. The topological polar surface area (TPSA) is 18.5 Å². The molecule has 3 aromatic rings. The first-order chi connectivity index (χ1) is 16.1. The number of ether oxygens (including phenoxy) is 2. The van der Waals surface area contributed by atoms with Gasteiger partial charge >= 0.3 is 0 Å². The Morgan fingerprint density at radius 3 is 1.94 bits per heavy atom. The van der Waals surface area contributed by atoms with E-state index in [1.54, 1.807) is 14.2 Å². The van der Waals surface area contributed by atoms with Crippen molar-refractivity contribution in [2.24, 2.45) is 0 Å². The van der Waals surface area contributed by atoms with Crippen LogP contribution in [0.5, 0.6) is 11.5 Å². The predicted molar refractivity (Wildman–Crippen MR) is 145 cm³/mol. The molecule has 1 aliphatic heterocycles. The monoisotopic (exact) mass is 494 g/mol. The Balaban J connectivity index is 1.73. The first-order valence-electron chi connectivity index (χ1n) is 10.9. The van der Waals surface area contributed by atoms with Gasteiger partial charge in [0.1, 0.15) is 15.6 Å². The lowest BCUT2D eigenvalue weighted by atomic mass is 9.97. The lowest BCUT2D eigenvalue weighted by Gasteiger charge is -2.34. The zero-order chi connectivity index (χ0) is 23.1. The molecule has 3 aromatic carbocycles. The van der Waals surface area contributed by atoms with Gasteiger partial charge in [0, 0.05) is 5.02 Å². The van der Waals surface area contributed by atoms with Crippen LogP contribution >= 0.6 is 35.1 Å². The molecule has 0 aliphatic carbocycles. The highest BCUT2D eigenvalue weighted by atomic mass is 35.5. The fourth-order valence-electron chi connectivity index (χ4n) is 3.78.